The van der Waals surface area contributed by atoms with Gasteiger partial charge in [0.05, 0.1) is 0 Å². The monoisotopic (exact) mass is 206 g/mol. The van der Waals surface area contributed by atoms with Crippen LogP contribution in [-0.4, -0.2) is 9.97 Å². The Balaban J connectivity index is 2.91. The maximum Gasteiger partial charge on any atom is 0.133 e. The lowest BCUT2D eigenvalue weighted by atomic mass is 9.91. The van der Waals surface area contributed by atoms with Crippen molar-refractivity contribution in [2.45, 2.75) is 52.9 Å². The van der Waals surface area contributed by atoms with Crippen LogP contribution in [0, 0.1) is 5.92 Å². The number of nitrogens with zero attached hydrogens (tertiary/aromatic N) is 2. The van der Waals surface area contributed by atoms with Crippen molar-refractivity contribution < 1.29 is 0 Å². The maximum atomic E-state index is 4.44. The van der Waals surface area contributed by atoms with Crippen LogP contribution in [0.25, 0.3) is 0 Å². The smallest absolute Gasteiger partial charge is 0.133 e. The largest absolute Gasteiger partial charge is 0.241 e. The van der Waals surface area contributed by atoms with Gasteiger partial charge in [-0.05, 0) is 17.4 Å². The molecule has 0 aliphatic heterocycles. The molecule has 15 heavy (non-hydrogen) atoms. The second-order valence-electron chi connectivity index (χ2n) is 5.62. The summed E-state index contributed by atoms with van der Waals surface area (Å²) in [6.45, 7) is 13.1. The minimum Gasteiger partial charge on any atom is -0.241 e. The molecule has 0 aromatic carbocycles. The van der Waals surface area contributed by atoms with Crippen LogP contribution >= 0.6 is 0 Å². The standard InChI is InChI=1S/C13H22N2/c1-9(2)10(3)11-7-14-12(15-8-11)13(4,5)6/h7-10H,1-6H3. The number of aromatic nitrogens is 2. The van der Waals surface area contributed by atoms with Crippen LogP contribution in [0.5, 0.6) is 0 Å². The molecule has 0 aliphatic rings. The first-order chi connectivity index (χ1) is 6.82. The molecule has 0 spiro atoms. The van der Waals surface area contributed by atoms with E-state index in [0.29, 0.717) is 11.8 Å². The summed E-state index contributed by atoms with van der Waals surface area (Å²) in [5.74, 6) is 2.08. The van der Waals surface area contributed by atoms with Crippen molar-refractivity contribution in [3.63, 3.8) is 0 Å². The van der Waals surface area contributed by atoms with Gasteiger partial charge in [0.15, 0.2) is 0 Å². The third kappa shape index (κ3) is 3.01. The molecule has 2 nitrogen and oxygen atoms in total. The van der Waals surface area contributed by atoms with Crippen molar-refractivity contribution in [2.75, 3.05) is 0 Å². The highest BCUT2D eigenvalue weighted by molar-refractivity contribution is 5.13. The molecule has 84 valence electrons. The molecule has 0 aliphatic carbocycles. The average molecular weight is 206 g/mol. The zero-order valence-electron chi connectivity index (χ0n) is 10.7. The van der Waals surface area contributed by atoms with Crippen LogP contribution in [-0.2, 0) is 5.41 Å². The van der Waals surface area contributed by atoms with E-state index >= 15 is 0 Å². The molecule has 0 radical (unpaired) electrons. The van der Waals surface area contributed by atoms with E-state index in [1.165, 1.54) is 5.56 Å². The van der Waals surface area contributed by atoms with Gasteiger partial charge in [0.2, 0.25) is 0 Å². The molecule has 1 aromatic rings. The van der Waals surface area contributed by atoms with E-state index in [2.05, 4.69) is 51.5 Å². The summed E-state index contributed by atoms with van der Waals surface area (Å²) in [4.78, 5) is 8.88. The molecule has 1 aromatic heterocycles. The Kier molecular flexibility index (Phi) is 3.48. The zero-order chi connectivity index (χ0) is 11.6. The predicted octanol–water partition coefficient (Wildman–Crippen LogP) is 3.53. The number of rotatable bonds is 2. The highest BCUT2D eigenvalue weighted by Gasteiger charge is 2.18. The van der Waals surface area contributed by atoms with Crippen LogP contribution in [0.15, 0.2) is 12.4 Å². The summed E-state index contributed by atoms with van der Waals surface area (Å²) in [5, 5.41) is 0. The molecular formula is C13H22N2. The molecule has 0 bridgehead atoms. The average Bonchev–Trinajstić information content (AvgIpc) is 2.15. The summed E-state index contributed by atoms with van der Waals surface area (Å²) >= 11 is 0. The van der Waals surface area contributed by atoms with Gasteiger partial charge in [-0.15, -0.1) is 0 Å². The van der Waals surface area contributed by atoms with E-state index in [1.54, 1.807) is 0 Å². The fraction of sp³-hybridized carbons (Fsp3) is 0.692. The van der Waals surface area contributed by atoms with Gasteiger partial charge in [-0.3, -0.25) is 0 Å². The predicted molar refractivity (Wildman–Crippen MR) is 64.0 cm³/mol. The van der Waals surface area contributed by atoms with Crippen molar-refractivity contribution in [3.8, 4) is 0 Å². The molecular weight excluding hydrogens is 184 g/mol. The first kappa shape index (κ1) is 12.2. The van der Waals surface area contributed by atoms with Crippen LogP contribution in [0.2, 0.25) is 0 Å². The molecule has 0 fully saturated rings. The van der Waals surface area contributed by atoms with Gasteiger partial charge in [-0.25, -0.2) is 9.97 Å². The fourth-order valence-corrected chi connectivity index (χ4v) is 1.35. The fourth-order valence-electron chi connectivity index (χ4n) is 1.35. The molecule has 1 rings (SSSR count). The van der Waals surface area contributed by atoms with Gasteiger partial charge < -0.3 is 0 Å². The topological polar surface area (TPSA) is 25.8 Å². The summed E-state index contributed by atoms with van der Waals surface area (Å²) in [5.41, 5.74) is 1.28. The van der Waals surface area contributed by atoms with E-state index in [-0.39, 0.29) is 5.41 Å². The van der Waals surface area contributed by atoms with Crippen molar-refractivity contribution in [1.29, 1.82) is 0 Å². The van der Waals surface area contributed by atoms with E-state index in [0.717, 1.165) is 5.82 Å². The van der Waals surface area contributed by atoms with E-state index in [1.807, 2.05) is 12.4 Å². The molecule has 0 saturated heterocycles. The maximum absolute atomic E-state index is 4.44. The first-order valence-corrected chi connectivity index (χ1v) is 5.65. The van der Waals surface area contributed by atoms with Crippen molar-refractivity contribution in [3.05, 3.63) is 23.8 Å². The Morgan fingerprint density at radius 3 is 1.80 bits per heavy atom. The third-order valence-electron chi connectivity index (χ3n) is 2.87. The lowest BCUT2D eigenvalue weighted by Crippen LogP contribution is -2.16. The summed E-state index contributed by atoms with van der Waals surface area (Å²) in [7, 11) is 0. The Hall–Kier alpha value is -0.920. The summed E-state index contributed by atoms with van der Waals surface area (Å²) in [6, 6.07) is 0. The van der Waals surface area contributed by atoms with E-state index in [9.17, 15) is 0 Å². The molecule has 1 atom stereocenters. The van der Waals surface area contributed by atoms with Crippen LogP contribution in [0.1, 0.15) is 58.8 Å². The van der Waals surface area contributed by atoms with Gasteiger partial charge in [0.25, 0.3) is 0 Å². The number of hydrogen-bond donors (Lipinski definition) is 0. The lowest BCUT2D eigenvalue weighted by molar-refractivity contribution is 0.518. The first-order valence-electron chi connectivity index (χ1n) is 5.65. The Morgan fingerprint density at radius 2 is 1.47 bits per heavy atom. The highest BCUT2D eigenvalue weighted by atomic mass is 14.9. The zero-order valence-corrected chi connectivity index (χ0v) is 10.7. The molecule has 0 saturated carbocycles. The number of hydrogen-bond acceptors (Lipinski definition) is 2. The van der Waals surface area contributed by atoms with Gasteiger partial charge in [-0.2, -0.15) is 0 Å². The minimum absolute atomic E-state index is 0.0413. The minimum atomic E-state index is 0.0413. The molecule has 0 N–H and O–H groups in total. The van der Waals surface area contributed by atoms with Gasteiger partial charge in [-0.1, -0.05) is 41.5 Å². The van der Waals surface area contributed by atoms with Crippen LogP contribution < -0.4 is 0 Å². The summed E-state index contributed by atoms with van der Waals surface area (Å²) < 4.78 is 0. The Bertz CT molecular complexity index is 306. The SMILES string of the molecule is CC(C)C(C)c1cnc(C(C)(C)C)nc1. The summed E-state index contributed by atoms with van der Waals surface area (Å²) in [6.07, 6.45) is 3.94. The van der Waals surface area contributed by atoms with Gasteiger partial charge >= 0.3 is 0 Å². The third-order valence-corrected chi connectivity index (χ3v) is 2.87. The molecule has 0 amide bonds. The van der Waals surface area contributed by atoms with Gasteiger partial charge in [0.1, 0.15) is 5.82 Å². The van der Waals surface area contributed by atoms with Crippen molar-refractivity contribution >= 4 is 0 Å². The van der Waals surface area contributed by atoms with E-state index < -0.39 is 0 Å². The second kappa shape index (κ2) is 4.30. The van der Waals surface area contributed by atoms with Crippen LogP contribution in [0.4, 0.5) is 0 Å². The Morgan fingerprint density at radius 1 is 1.00 bits per heavy atom. The van der Waals surface area contributed by atoms with E-state index in [4.69, 9.17) is 0 Å². The molecule has 2 heteroatoms. The van der Waals surface area contributed by atoms with Gasteiger partial charge in [0, 0.05) is 17.8 Å². The Labute approximate surface area is 93.2 Å². The highest BCUT2D eigenvalue weighted by Crippen LogP contribution is 2.24. The van der Waals surface area contributed by atoms with Crippen molar-refractivity contribution in [1.82, 2.24) is 9.97 Å². The normalized spacial score (nSPS) is 14.3. The molecule has 1 unspecified atom stereocenters. The van der Waals surface area contributed by atoms with Crippen molar-refractivity contribution in [2.24, 2.45) is 5.92 Å². The quantitative estimate of drug-likeness (QED) is 0.739. The van der Waals surface area contributed by atoms with Crippen LogP contribution in [0.3, 0.4) is 0 Å². The second-order valence-corrected chi connectivity index (χ2v) is 5.62. The lowest BCUT2D eigenvalue weighted by Gasteiger charge is -2.19. The molecule has 1 heterocycles.